The summed E-state index contributed by atoms with van der Waals surface area (Å²) in [7, 11) is -3.78. The molecule has 1 N–H and O–H groups in total. The summed E-state index contributed by atoms with van der Waals surface area (Å²) >= 11 is 11.7. The minimum absolute atomic E-state index is 0.0971. The second-order valence-corrected chi connectivity index (χ2v) is 8.23. The average molecular weight is 402 g/mol. The molecule has 134 valence electrons. The molecule has 25 heavy (non-hydrogen) atoms. The van der Waals surface area contributed by atoms with E-state index in [-0.39, 0.29) is 30.8 Å². The van der Waals surface area contributed by atoms with E-state index in [1.165, 1.54) is 28.6 Å². The number of halogens is 2. The molecule has 0 aromatic heterocycles. The Labute approximate surface area is 156 Å². The van der Waals surface area contributed by atoms with Crippen LogP contribution in [0.15, 0.2) is 53.4 Å². The van der Waals surface area contributed by atoms with Crippen LogP contribution in [-0.4, -0.2) is 30.3 Å². The zero-order chi connectivity index (χ0) is 18.4. The van der Waals surface area contributed by atoms with Crippen molar-refractivity contribution in [3.63, 3.8) is 0 Å². The Morgan fingerprint density at radius 2 is 1.48 bits per heavy atom. The van der Waals surface area contributed by atoms with Crippen molar-refractivity contribution in [3.8, 4) is 0 Å². The van der Waals surface area contributed by atoms with Crippen LogP contribution in [-0.2, 0) is 21.4 Å². The Balaban J connectivity index is 2.26. The predicted octanol–water partition coefficient (Wildman–Crippen LogP) is 4.05. The Morgan fingerprint density at radius 3 is 2.00 bits per heavy atom. The van der Waals surface area contributed by atoms with E-state index >= 15 is 0 Å². The van der Waals surface area contributed by atoms with Gasteiger partial charge in [-0.2, -0.15) is 4.31 Å². The number of carboxylic acid groups (broad SMARTS) is 1. The second kappa shape index (κ2) is 8.67. The van der Waals surface area contributed by atoms with Crippen molar-refractivity contribution in [2.45, 2.75) is 24.3 Å². The number of carboxylic acids is 1. The van der Waals surface area contributed by atoms with Gasteiger partial charge in [0.25, 0.3) is 0 Å². The van der Waals surface area contributed by atoms with Gasteiger partial charge in [-0.05, 0) is 48.4 Å². The average Bonchev–Trinajstić information content (AvgIpc) is 2.56. The molecule has 5 nitrogen and oxygen atoms in total. The highest BCUT2D eigenvalue weighted by molar-refractivity contribution is 7.89. The van der Waals surface area contributed by atoms with Crippen LogP contribution < -0.4 is 0 Å². The van der Waals surface area contributed by atoms with E-state index in [2.05, 4.69) is 0 Å². The van der Waals surface area contributed by atoms with Crippen LogP contribution in [0.5, 0.6) is 0 Å². The lowest BCUT2D eigenvalue weighted by Gasteiger charge is -2.22. The van der Waals surface area contributed by atoms with Crippen molar-refractivity contribution < 1.29 is 18.3 Å². The molecule has 0 aliphatic heterocycles. The van der Waals surface area contributed by atoms with Gasteiger partial charge in [0, 0.05) is 29.6 Å². The number of hydrogen-bond donors (Lipinski definition) is 1. The van der Waals surface area contributed by atoms with E-state index in [1.54, 1.807) is 24.3 Å². The third-order valence-electron chi connectivity index (χ3n) is 3.52. The maximum absolute atomic E-state index is 12.9. The monoisotopic (exact) mass is 401 g/mol. The summed E-state index contributed by atoms with van der Waals surface area (Å²) in [6.45, 7) is 0.224. The molecule has 0 radical (unpaired) electrons. The van der Waals surface area contributed by atoms with Crippen LogP contribution in [0.4, 0.5) is 0 Å². The zero-order valence-corrected chi connectivity index (χ0v) is 15.6. The predicted molar refractivity (Wildman–Crippen MR) is 97.4 cm³/mol. The Morgan fingerprint density at radius 1 is 0.960 bits per heavy atom. The fourth-order valence-corrected chi connectivity index (χ4v) is 3.96. The molecule has 0 bridgehead atoms. The van der Waals surface area contributed by atoms with Crippen LogP contribution >= 0.6 is 23.2 Å². The highest BCUT2D eigenvalue weighted by Crippen LogP contribution is 2.21. The lowest BCUT2D eigenvalue weighted by atomic mass is 10.2. The first-order chi connectivity index (χ1) is 11.8. The van der Waals surface area contributed by atoms with Gasteiger partial charge in [-0.1, -0.05) is 35.3 Å². The Bertz CT molecular complexity index is 821. The molecule has 2 aromatic rings. The number of hydrogen-bond acceptors (Lipinski definition) is 3. The number of nitrogens with zero attached hydrogens (tertiary/aromatic N) is 1. The molecular formula is C17H17Cl2NO4S. The normalized spacial score (nSPS) is 11.6. The standard InChI is InChI=1S/C17H17Cl2NO4S/c18-14-5-3-13(4-6-14)12-20(11-1-2-17(21)22)25(23,24)16-9-7-15(19)8-10-16/h3-10H,1-2,11-12H2,(H,21,22). The van der Waals surface area contributed by atoms with Crippen LogP contribution in [0.2, 0.25) is 10.0 Å². The summed E-state index contributed by atoms with van der Waals surface area (Å²) in [6, 6.07) is 12.7. The van der Waals surface area contributed by atoms with Gasteiger partial charge in [-0.3, -0.25) is 4.79 Å². The van der Waals surface area contributed by atoms with Crippen molar-refractivity contribution in [2.75, 3.05) is 6.54 Å². The van der Waals surface area contributed by atoms with Gasteiger partial charge in [0.15, 0.2) is 0 Å². The molecule has 2 aromatic carbocycles. The third-order valence-corrected chi connectivity index (χ3v) is 5.89. The lowest BCUT2D eigenvalue weighted by molar-refractivity contribution is -0.137. The van der Waals surface area contributed by atoms with E-state index < -0.39 is 16.0 Å². The smallest absolute Gasteiger partial charge is 0.303 e. The van der Waals surface area contributed by atoms with Gasteiger partial charge in [-0.15, -0.1) is 0 Å². The molecule has 8 heteroatoms. The molecule has 0 atom stereocenters. The maximum atomic E-state index is 12.9. The molecule has 0 spiro atoms. The summed E-state index contributed by atoms with van der Waals surface area (Å²) in [6.07, 6.45) is 0.114. The zero-order valence-electron chi connectivity index (χ0n) is 13.2. The van der Waals surface area contributed by atoms with Gasteiger partial charge in [-0.25, -0.2) is 8.42 Å². The fourth-order valence-electron chi connectivity index (χ4n) is 2.24. The molecule has 0 amide bonds. The molecule has 0 unspecified atom stereocenters. The first kappa shape index (κ1) is 19.7. The van der Waals surface area contributed by atoms with Crippen LogP contribution in [0, 0.1) is 0 Å². The molecule has 0 aliphatic carbocycles. The molecule has 2 rings (SSSR count). The largest absolute Gasteiger partial charge is 0.481 e. The highest BCUT2D eigenvalue weighted by Gasteiger charge is 2.24. The molecule has 0 fully saturated rings. The summed E-state index contributed by atoms with van der Waals surface area (Å²) in [5.41, 5.74) is 0.761. The summed E-state index contributed by atoms with van der Waals surface area (Å²) < 4.78 is 27.1. The number of benzene rings is 2. The number of sulfonamides is 1. The van der Waals surface area contributed by atoms with E-state index in [0.717, 1.165) is 5.56 Å². The molecule has 0 saturated heterocycles. The van der Waals surface area contributed by atoms with Crippen LogP contribution in [0.25, 0.3) is 0 Å². The van der Waals surface area contributed by atoms with E-state index in [4.69, 9.17) is 28.3 Å². The molecule has 0 heterocycles. The van der Waals surface area contributed by atoms with Crippen molar-refractivity contribution in [2.24, 2.45) is 0 Å². The van der Waals surface area contributed by atoms with Crippen molar-refractivity contribution in [3.05, 3.63) is 64.1 Å². The quantitative estimate of drug-likeness (QED) is 0.723. The fraction of sp³-hybridized carbons (Fsp3) is 0.235. The first-order valence-corrected chi connectivity index (χ1v) is 9.70. The number of rotatable bonds is 8. The summed E-state index contributed by atoms with van der Waals surface area (Å²) in [5.74, 6) is -0.963. The van der Waals surface area contributed by atoms with Gasteiger partial charge < -0.3 is 5.11 Å². The van der Waals surface area contributed by atoms with E-state index in [9.17, 15) is 13.2 Å². The van der Waals surface area contributed by atoms with Crippen molar-refractivity contribution >= 4 is 39.2 Å². The van der Waals surface area contributed by atoms with Gasteiger partial charge in [0.2, 0.25) is 10.0 Å². The third kappa shape index (κ3) is 5.71. The van der Waals surface area contributed by atoms with Crippen molar-refractivity contribution in [1.29, 1.82) is 0 Å². The Hall–Kier alpha value is -1.60. The van der Waals surface area contributed by atoms with Crippen molar-refractivity contribution in [1.82, 2.24) is 4.31 Å². The molecular weight excluding hydrogens is 385 g/mol. The topological polar surface area (TPSA) is 74.7 Å². The van der Waals surface area contributed by atoms with E-state index in [1.807, 2.05) is 0 Å². The Kier molecular flexibility index (Phi) is 6.84. The minimum Gasteiger partial charge on any atom is -0.481 e. The maximum Gasteiger partial charge on any atom is 0.303 e. The van der Waals surface area contributed by atoms with Gasteiger partial charge in [0.1, 0.15) is 0 Å². The SMILES string of the molecule is O=C(O)CCCN(Cc1ccc(Cl)cc1)S(=O)(=O)c1ccc(Cl)cc1. The first-order valence-electron chi connectivity index (χ1n) is 7.51. The molecule has 0 aliphatic rings. The lowest BCUT2D eigenvalue weighted by Crippen LogP contribution is -2.32. The molecule has 0 saturated carbocycles. The minimum atomic E-state index is -3.78. The van der Waals surface area contributed by atoms with Gasteiger partial charge in [0.05, 0.1) is 4.90 Å². The van der Waals surface area contributed by atoms with E-state index in [0.29, 0.717) is 10.0 Å². The van der Waals surface area contributed by atoms with Gasteiger partial charge >= 0.3 is 5.97 Å². The highest BCUT2D eigenvalue weighted by atomic mass is 35.5. The van der Waals surface area contributed by atoms with Crippen LogP contribution in [0.3, 0.4) is 0 Å². The van der Waals surface area contributed by atoms with Crippen LogP contribution in [0.1, 0.15) is 18.4 Å². The number of aliphatic carboxylic acids is 1. The summed E-state index contributed by atoms with van der Waals surface area (Å²) in [5, 5.41) is 9.80. The summed E-state index contributed by atoms with van der Waals surface area (Å²) in [4.78, 5) is 10.8. The second-order valence-electron chi connectivity index (χ2n) is 5.42. The number of carbonyl (C=O) groups is 1.